The lowest BCUT2D eigenvalue weighted by atomic mass is 10.0. The van der Waals surface area contributed by atoms with Gasteiger partial charge in [-0.05, 0) is 24.1 Å². The van der Waals surface area contributed by atoms with Crippen LogP contribution in [-0.4, -0.2) is 16.1 Å². The van der Waals surface area contributed by atoms with Crippen molar-refractivity contribution < 1.29 is 31.9 Å². The Hall–Kier alpha value is -1.73. The Morgan fingerprint density at radius 3 is 2.39 bits per heavy atom. The number of aromatic nitrogens is 1. The minimum absolute atomic E-state index is 0.171. The van der Waals surface area contributed by atoms with E-state index >= 15 is 0 Å². The van der Waals surface area contributed by atoms with E-state index in [-0.39, 0.29) is 5.56 Å². The molecule has 1 rings (SSSR count). The van der Waals surface area contributed by atoms with Crippen LogP contribution in [0.2, 0.25) is 0 Å². The van der Waals surface area contributed by atoms with Gasteiger partial charge in [0.1, 0.15) is 11.4 Å². The summed E-state index contributed by atoms with van der Waals surface area (Å²) in [6.45, 7) is 1.14. The summed E-state index contributed by atoms with van der Waals surface area (Å²) in [4.78, 5) is 13.3. The molecule has 18 heavy (non-hydrogen) atoms. The number of pyridine rings is 1. The third-order valence-corrected chi connectivity index (χ3v) is 2.19. The highest BCUT2D eigenvalue weighted by Gasteiger charge is 2.37. The number of halogens is 5. The summed E-state index contributed by atoms with van der Waals surface area (Å²) in [7, 11) is 0. The molecule has 0 amide bonds. The first kappa shape index (κ1) is 14.3. The molecule has 0 saturated heterocycles. The Bertz CT molecular complexity index is 470. The molecule has 100 valence electrons. The van der Waals surface area contributed by atoms with E-state index in [9.17, 15) is 26.7 Å². The number of hydrogen-bond acceptors (Lipinski definition) is 2. The summed E-state index contributed by atoms with van der Waals surface area (Å²) in [6, 6.07) is 0.762. The van der Waals surface area contributed by atoms with Gasteiger partial charge in [-0.1, -0.05) is 0 Å². The zero-order chi connectivity index (χ0) is 14.1. The molecule has 0 aromatic carbocycles. The molecule has 3 nitrogen and oxygen atoms in total. The fourth-order valence-electron chi connectivity index (χ4n) is 1.45. The average Bonchev–Trinajstić information content (AvgIpc) is 2.17. The van der Waals surface area contributed by atoms with E-state index in [1.807, 2.05) is 0 Å². The highest BCUT2D eigenvalue weighted by molar-refractivity contribution is 5.71. The van der Waals surface area contributed by atoms with Gasteiger partial charge < -0.3 is 5.11 Å². The lowest BCUT2D eigenvalue weighted by molar-refractivity contribution is -0.143. The molecule has 0 fully saturated rings. The number of aryl methyl sites for hydroxylation is 1. The fraction of sp³-hybridized carbons (Fsp3) is 0.400. The number of carboxylic acid groups (broad SMARTS) is 1. The van der Waals surface area contributed by atoms with E-state index in [0.29, 0.717) is 0 Å². The van der Waals surface area contributed by atoms with Gasteiger partial charge in [0.2, 0.25) is 0 Å². The number of carbonyl (C=O) groups is 1. The van der Waals surface area contributed by atoms with Gasteiger partial charge in [0.25, 0.3) is 6.43 Å². The van der Waals surface area contributed by atoms with Crippen molar-refractivity contribution in [2.24, 2.45) is 0 Å². The van der Waals surface area contributed by atoms with Crippen LogP contribution >= 0.6 is 0 Å². The number of carboxylic acids is 1. The van der Waals surface area contributed by atoms with Crippen molar-refractivity contribution in [1.82, 2.24) is 4.98 Å². The Balaban J connectivity index is 3.45. The molecule has 0 unspecified atom stereocenters. The molecule has 1 aromatic rings. The van der Waals surface area contributed by atoms with Crippen LogP contribution in [0.4, 0.5) is 22.0 Å². The van der Waals surface area contributed by atoms with E-state index in [0.717, 1.165) is 13.0 Å². The Labute approximate surface area is 98.3 Å². The van der Waals surface area contributed by atoms with Crippen LogP contribution in [0.5, 0.6) is 0 Å². The highest BCUT2D eigenvalue weighted by atomic mass is 19.4. The first-order valence-electron chi connectivity index (χ1n) is 4.70. The van der Waals surface area contributed by atoms with Crippen molar-refractivity contribution in [2.75, 3.05) is 0 Å². The van der Waals surface area contributed by atoms with E-state index < -0.39 is 41.9 Å². The molecular formula is C10H8F5NO2. The second kappa shape index (κ2) is 4.87. The van der Waals surface area contributed by atoms with E-state index in [2.05, 4.69) is 4.98 Å². The third kappa shape index (κ3) is 3.14. The normalized spacial score (nSPS) is 11.9. The zero-order valence-corrected chi connectivity index (χ0v) is 9.05. The second-order valence-electron chi connectivity index (χ2n) is 3.56. The largest absolute Gasteiger partial charge is 0.481 e. The van der Waals surface area contributed by atoms with Crippen molar-refractivity contribution in [3.63, 3.8) is 0 Å². The maximum atomic E-state index is 12.6. The Kier molecular flexibility index (Phi) is 3.88. The van der Waals surface area contributed by atoms with Gasteiger partial charge in [0, 0.05) is 0 Å². The minimum atomic E-state index is -4.97. The lowest BCUT2D eigenvalue weighted by Crippen LogP contribution is -2.17. The van der Waals surface area contributed by atoms with Crippen LogP contribution in [-0.2, 0) is 17.4 Å². The standard InChI is InChI=1S/C10H8F5NO2/c1-4-2-6(9(11)12)16-8(10(13,14)15)5(4)3-7(17)18/h2,9H,3H2,1H3,(H,17,18). The third-order valence-electron chi connectivity index (χ3n) is 2.19. The molecule has 1 aromatic heterocycles. The SMILES string of the molecule is Cc1cc(C(F)F)nc(C(F)(F)F)c1CC(=O)O. The van der Waals surface area contributed by atoms with Crippen molar-refractivity contribution in [1.29, 1.82) is 0 Å². The van der Waals surface area contributed by atoms with E-state index in [1.165, 1.54) is 0 Å². The quantitative estimate of drug-likeness (QED) is 0.858. The molecule has 0 atom stereocenters. The smallest absolute Gasteiger partial charge is 0.433 e. The van der Waals surface area contributed by atoms with Crippen LogP contribution in [0, 0.1) is 6.92 Å². The van der Waals surface area contributed by atoms with Gasteiger partial charge in [-0.3, -0.25) is 4.79 Å². The summed E-state index contributed by atoms with van der Waals surface area (Å²) < 4.78 is 62.6. The number of aliphatic carboxylic acids is 1. The molecule has 0 aliphatic heterocycles. The van der Waals surface area contributed by atoms with E-state index in [1.54, 1.807) is 0 Å². The summed E-state index contributed by atoms with van der Waals surface area (Å²) in [5.41, 5.74) is -3.36. The fourth-order valence-corrected chi connectivity index (χ4v) is 1.45. The van der Waals surface area contributed by atoms with Crippen molar-refractivity contribution in [3.8, 4) is 0 Å². The molecule has 1 N–H and O–H groups in total. The summed E-state index contributed by atoms with van der Waals surface area (Å²) in [5.74, 6) is -1.49. The van der Waals surface area contributed by atoms with Crippen LogP contribution in [0.3, 0.4) is 0 Å². The predicted octanol–water partition coefficient (Wildman–Crippen LogP) is 2.97. The van der Waals surface area contributed by atoms with Crippen molar-refractivity contribution in [2.45, 2.75) is 25.9 Å². The number of hydrogen-bond donors (Lipinski definition) is 1. The van der Waals surface area contributed by atoms with Crippen LogP contribution in [0.1, 0.15) is 28.9 Å². The Morgan fingerprint density at radius 2 is 2.00 bits per heavy atom. The van der Waals surface area contributed by atoms with Crippen molar-refractivity contribution in [3.05, 3.63) is 28.6 Å². The minimum Gasteiger partial charge on any atom is -0.481 e. The van der Waals surface area contributed by atoms with Gasteiger partial charge >= 0.3 is 12.1 Å². The lowest BCUT2D eigenvalue weighted by Gasteiger charge is -2.14. The van der Waals surface area contributed by atoms with Gasteiger partial charge in [0.15, 0.2) is 0 Å². The molecule has 0 bridgehead atoms. The molecular weight excluding hydrogens is 261 g/mol. The predicted molar refractivity (Wildman–Crippen MR) is 50.3 cm³/mol. The first-order valence-corrected chi connectivity index (χ1v) is 4.70. The molecule has 0 saturated carbocycles. The molecule has 0 radical (unpaired) electrons. The summed E-state index contributed by atoms with van der Waals surface area (Å²) >= 11 is 0. The monoisotopic (exact) mass is 269 g/mol. The first-order chi connectivity index (χ1) is 8.12. The second-order valence-corrected chi connectivity index (χ2v) is 3.56. The molecule has 1 heterocycles. The number of rotatable bonds is 3. The van der Waals surface area contributed by atoms with Crippen molar-refractivity contribution >= 4 is 5.97 Å². The molecule has 0 spiro atoms. The molecule has 0 aliphatic carbocycles. The van der Waals surface area contributed by atoms with Gasteiger partial charge in [0.05, 0.1) is 6.42 Å². The van der Waals surface area contributed by atoms with Crippen LogP contribution < -0.4 is 0 Å². The van der Waals surface area contributed by atoms with E-state index in [4.69, 9.17) is 5.11 Å². The Morgan fingerprint density at radius 1 is 1.44 bits per heavy atom. The zero-order valence-electron chi connectivity index (χ0n) is 9.05. The highest BCUT2D eigenvalue weighted by Crippen LogP contribution is 2.34. The van der Waals surface area contributed by atoms with Gasteiger partial charge in [-0.25, -0.2) is 13.8 Å². The summed E-state index contributed by atoms with van der Waals surface area (Å²) in [6.07, 6.45) is -9.04. The average molecular weight is 269 g/mol. The maximum absolute atomic E-state index is 12.6. The number of nitrogens with zero attached hydrogens (tertiary/aromatic N) is 1. The van der Waals surface area contributed by atoms with Crippen LogP contribution in [0.15, 0.2) is 6.07 Å². The van der Waals surface area contributed by atoms with Gasteiger partial charge in [-0.2, -0.15) is 13.2 Å². The summed E-state index contributed by atoms with van der Waals surface area (Å²) in [5, 5.41) is 8.52. The number of alkyl halides is 5. The maximum Gasteiger partial charge on any atom is 0.433 e. The van der Waals surface area contributed by atoms with Gasteiger partial charge in [-0.15, -0.1) is 0 Å². The molecule has 8 heteroatoms. The molecule has 0 aliphatic rings. The van der Waals surface area contributed by atoms with Crippen LogP contribution in [0.25, 0.3) is 0 Å². The topological polar surface area (TPSA) is 50.2 Å².